The van der Waals surface area contributed by atoms with Gasteiger partial charge in [0.1, 0.15) is 6.29 Å². The summed E-state index contributed by atoms with van der Waals surface area (Å²) in [5, 5.41) is 0. The Labute approximate surface area is 81.9 Å². The molecule has 72 valence electrons. The van der Waals surface area contributed by atoms with Crippen molar-refractivity contribution in [3.05, 3.63) is 35.9 Å². The highest BCUT2D eigenvalue weighted by Crippen LogP contribution is 2.32. The van der Waals surface area contributed by atoms with Crippen LogP contribution in [0.25, 0.3) is 0 Å². The molecular weight excluding hydrogens is 180 g/mol. The van der Waals surface area contributed by atoms with Crippen molar-refractivity contribution in [1.29, 1.82) is 0 Å². The smallest absolute Gasteiger partial charge is 0.231 e. The van der Waals surface area contributed by atoms with Gasteiger partial charge >= 0.3 is 0 Å². The summed E-state index contributed by atoms with van der Waals surface area (Å²) in [7, 11) is 0. The second-order valence-electron chi connectivity index (χ2n) is 2.96. The fourth-order valence-electron chi connectivity index (χ4n) is 1.33. The summed E-state index contributed by atoms with van der Waals surface area (Å²) in [5.74, 6) is 1.56. The van der Waals surface area contributed by atoms with Gasteiger partial charge in [0.15, 0.2) is 11.5 Å². The Hall–Kier alpha value is -1.77. The molecule has 3 nitrogen and oxygen atoms in total. The fourth-order valence-corrected chi connectivity index (χ4v) is 1.33. The first-order chi connectivity index (χ1) is 6.90. The van der Waals surface area contributed by atoms with E-state index < -0.39 is 0 Å². The summed E-state index contributed by atoms with van der Waals surface area (Å²) < 4.78 is 10.4. The van der Waals surface area contributed by atoms with Gasteiger partial charge in [-0.15, -0.1) is 0 Å². The Morgan fingerprint density at radius 1 is 1.29 bits per heavy atom. The topological polar surface area (TPSA) is 35.5 Å². The third kappa shape index (κ3) is 1.76. The largest absolute Gasteiger partial charge is 0.454 e. The molecule has 0 saturated carbocycles. The Kier molecular flexibility index (Phi) is 2.49. The van der Waals surface area contributed by atoms with Crippen LogP contribution < -0.4 is 9.47 Å². The minimum Gasteiger partial charge on any atom is -0.454 e. The quantitative estimate of drug-likeness (QED) is 0.537. The highest BCUT2D eigenvalue weighted by atomic mass is 16.7. The van der Waals surface area contributed by atoms with E-state index in [0.29, 0.717) is 6.79 Å². The van der Waals surface area contributed by atoms with Crippen molar-refractivity contribution in [2.45, 2.75) is 6.42 Å². The molecule has 1 aliphatic heterocycles. The number of carbonyl (C=O) groups excluding carboxylic acids is 1. The molecule has 0 atom stereocenters. The van der Waals surface area contributed by atoms with Gasteiger partial charge in [0.2, 0.25) is 6.79 Å². The Morgan fingerprint density at radius 2 is 2.14 bits per heavy atom. The number of rotatable bonds is 3. The zero-order valence-electron chi connectivity index (χ0n) is 7.60. The molecule has 1 heterocycles. The molecule has 1 aliphatic rings. The van der Waals surface area contributed by atoms with E-state index in [1.165, 1.54) is 6.08 Å². The second kappa shape index (κ2) is 3.96. The summed E-state index contributed by atoms with van der Waals surface area (Å²) in [6.45, 7) is 0.295. The van der Waals surface area contributed by atoms with Gasteiger partial charge in [-0.25, -0.2) is 0 Å². The predicted octanol–water partition coefficient (Wildman–Crippen LogP) is 1.71. The lowest BCUT2D eigenvalue weighted by atomic mass is 10.1. The van der Waals surface area contributed by atoms with E-state index >= 15 is 0 Å². The van der Waals surface area contributed by atoms with Crippen LogP contribution in [0.1, 0.15) is 5.56 Å². The van der Waals surface area contributed by atoms with Crippen molar-refractivity contribution in [3.8, 4) is 11.5 Å². The van der Waals surface area contributed by atoms with E-state index in [1.807, 2.05) is 24.3 Å². The van der Waals surface area contributed by atoms with Gasteiger partial charge in [0.05, 0.1) is 0 Å². The van der Waals surface area contributed by atoms with Crippen LogP contribution in [0.4, 0.5) is 0 Å². The SMILES string of the molecule is O=CC=CCc1ccc2c(c1)OCO2. The van der Waals surface area contributed by atoms with Crippen molar-refractivity contribution in [1.82, 2.24) is 0 Å². The number of aldehydes is 1. The number of allylic oxidation sites excluding steroid dienone is 2. The minimum absolute atomic E-state index is 0.295. The summed E-state index contributed by atoms with van der Waals surface area (Å²) in [6.07, 6.45) is 4.80. The Morgan fingerprint density at radius 3 is 3.00 bits per heavy atom. The van der Waals surface area contributed by atoms with Crippen LogP contribution in [0, 0.1) is 0 Å². The van der Waals surface area contributed by atoms with Gasteiger partial charge in [-0.1, -0.05) is 12.1 Å². The molecule has 0 aliphatic carbocycles. The average Bonchev–Trinajstić information content (AvgIpc) is 2.65. The van der Waals surface area contributed by atoms with E-state index in [9.17, 15) is 4.79 Å². The molecule has 0 unspecified atom stereocenters. The number of carbonyl (C=O) groups is 1. The van der Waals surface area contributed by atoms with Crippen LogP contribution >= 0.6 is 0 Å². The van der Waals surface area contributed by atoms with Gasteiger partial charge < -0.3 is 9.47 Å². The number of benzene rings is 1. The molecule has 1 aromatic carbocycles. The average molecular weight is 190 g/mol. The van der Waals surface area contributed by atoms with Gasteiger partial charge in [0.25, 0.3) is 0 Å². The molecule has 0 saturated heterocycles. The van der Waals surface area contributed by atoms with Crippen LogP contribution in [0.2, 0.25) is 0 Å². The van der Waals surface area contributed by atoms with E-state index in [1.54, 1.807) is 0 Å². The Bertz CT molecular complexity index is 369. The van der Waals surface area contributed by atoms with E-state index in [-0.39, 0.29) is 0 Å². The third-order valence-corrected chi connectivity index (χ3v) is 2.01. The number of hydrogen-bond donors (Lipinski definition) is 0. The first-order valence-corrected chi connectivity index (χ1v) is 4.39. The van der Waals surface area contributed by atoms with Crippen molar-refractivity contribution in [2.75, 3.05) is 6.79 Å². The summed E-state index contributed by atoms with van der Waals surface area (Å²) in [4.78, 5) is 10.1. The standard InChI is InChI=1S/C11H10O3/c12-6-2-1-3-9-4-5-10-11(7-9)14-8-13-10/h1-2,4-7H,3,8H2. The van der Waals surface area contributed by atoms with Crippen molar-refractivity contribution < 1.29 is 14.3 Å². The molecule has 0 aromatic heterocycles. The van der Waals surface area contributed by atoms with Gasteiger partial charge in [-0.05, 0) is 30.2 Å². The third-order valence-electron chi connectivity index (χ3n) is 2.01. The summed E-state index contributed by atoms with van der Waals surface area (Å²) >= 11 is 0. The molecule has 0 spiro atoms. The minimum atomic E-state index is 0.295. The first kappa shape index (κ1) is 8.81. The van der Waals surface area contributed by atoms with Crippen molar-refractivity contribution >= 4 is 6.29 Å². The maximum absolute atomic E-state index is 10.1. The molecule has 1 aromatic rings. The molecule has 0 radical (unpaired) electrons. The molecule has 2 rings (SSSR count). The monoisotopic (exact) mass is 190 g/mol. The molecule has 0 fully saturated rings. The molecule has 0 bridgehead atoms. The fraction of sp³-hybridized carbons (Fsp3) is 0.182. The van der Waals surface area contributed by atoms with Crippen LogP contribution in [0.15, 0.2) is 30.4 Å². The highest BCUT2D eigenvalue weighted by Gasteiger charge is 2.12. The zero-order valence-corrected chi connectivity index (χ0v) is 7.60. The number of fused-ring (bicyclic) bond motifs is 1. The lowest BCUT2D eigenvalue weighted by Crippen LogP contribution is -1.92. The zero-order chi connectivity index (χ0) is 9.80. The normalized spacial score (nSPS) is 13.4. The number of hydrogen-bond acceptors (Lipinski definition) is 3. The molecule has 0 amide bonds. The van der Waals surface area contributed by atoms with Gasteiger partial charge in [-0.2, -0.15) is 0 Å². The summed E-state index contributed by atoms with van der Waals surface area (Å²) in [6, 6.07) is 5.77. The van der Waals surface area contributed by atoms with E-state index in [4.69, 9.17) is 9.47 Å². The van der Waals surface area contributed by atoms with Crippen molar-refractivity contribution in [2.24, 2.45) is 0 Å². The van der Waals surface area contributed by atoms with Crippen LogP contribution in [-0.2, 0) is 11.2 Å². The van der Waals surface area contributed by atoms with Crippen LogP contribution in [0.5, 0.6) is 11.5 Å². The Balaban J connectivity index is 2.12. The molecule has 3 heteroatoms. The number of ether oxygens (including phenoxy) is 2. The second-order valence-corrected chi connectivity index (χ2v) is 2.96. The van der Waals surface area contributed by atoms with Crippen LogP contribution in [0.3, 0.4) is 0 Å². The summed E-state index contributed by atoms with van der Waals surface area (Å²) in [5.41, 5.74) is 1.10. The van der Waals surface area contributed by atoms with Gasteiger partial charge in [-0.3, -0.25) is 4.79 Å². The maximum Gasteiger partial charge on any atom is 0.231 e. The first-order valence-electron chi connectivity index (χ1n) is 4.39. The van der Waals surface area contributed by atoms with E-state index in [0.717, 1.165) is 29.8 Å². The molecule has 0 N–H and O–H groups in total. The molecular formula is C11H10O3. The highest BCUT2D eigenvalue weighted by molar-refractivity contribution is 5.64. The van der Waals surface area contributed by atoms with Gasteiger partial charge in [0, 0.05) is 0 Å². The van der Waals surface area contributed by atoms with Crippen molar-refractivity contribution in [3.63, 3.8) is 0 Å². The lowest BCUT2D eigenvalue weighted by molar-refractivity contribution is -0.104. The predicted molar refractivity (Wildman–Crippen MR) is 51.5 cm³/mol. The van der Waals surface area contributed by atoms with Crippen LogP contribution in [-0.4, -0.2) is 13.1 Å². The lowest BCUT2D eigenvalue weighted by Gasteiger charge is -1.98. The maximum atomic E-state index is 10.1. The molecule has 14 heavy (non-hydrogen) atoms. The van der Waals surface area contributed by atoms with E-state index in [2.05, 4.69) is 0 Å².